The van der Waals surface area contributed by atoms with Crippen LogP contribution in [-0.4, -0.2) is 18.0 Å². The van der Waals surface area contributed by atoms with Gasteiger partial charge in [0, 0.05) is 17.3 Å². The lowest BCUT2D eigenvalue weighted by molar-refractivity contribution is -0.178. The van der Waals surface area contributed by atoms with Crippen molar-refractivity contribution >= 4 is 5.78 Å². The van der Waals surface area contributed by atoms with Crippen LogP contribution < -0.4 is 0 Å². The first-order valence-corrected chi connectivity index (χ1v) is 9.43. The molecule has 122 valence electrons. The fraction of sp³-hybridized carbons (Fsp3) is 0.950. The van der Waals surface area contributed by atoms with Crippen LogP contribution in [0.3, 0.4) is 0 Å². The summed E-state index contributed by atoms with van der Waals surface area (Å²) in [4.78, 5) is 12.5. The SMILES string of the molecule is CC1(C)C(=O)CC[C@]2(C)[C@@H]1CC[C@]13C[C@](C)(CC[C@H]12)C1OC13. The average Bonchev–Trinajstić information content (AvgIpc) is 3.21. The van der Waals surface area contributed by atoms with Gasteiger partial charge in [-0.1, -0.05) is 27.7 Å². The molecule has 4 aliphatic carbocycles. The zero-order valence-corrected chi connectivity index (χ0v) is 14.6. The molecule has 0 aromatic carbocycles. The van der Waals surface area contributed by atoms with Crippen LogP contribution in [0.15, 0.2) is 0 Å². The summed E-state index contributed by atoms with van der Waals surface area (Å²) in [5.74, 6) is 1.88. The maximum atomic E-state index is 12.5. The highest BCUT2D eigenvalue weighted by Crippen LogP contribution is 2.77. The Balaban J connectivity index is 1.59. The molecule has 7 atom stereocenters. The van der Waals surface area contributed by atoms with Gasteiger partial charge in [-0.2, -0.15) is 0 Å². The summed E-state index contributed by atoms with van der Waals surface area (Å²) >= 11 is 0. The average molecular weight is 302 g/mol. The number of rotatable bonds is 0. The van der Waals surface area contributed by atoms with Crippen LogP contribution in [0.5, 0.6) is 0 Å². The minimum atomic E-state index is -0.113. The molecule has 0 amide bonds. The highest BCUT2D eigenvalue weighted by Gasteiger charge is 2.77. The summed E-state index contributed by atoms with van der Waals surface area (Å²) < 4.78 is 6.21. The third-order valence-corrected chi connectivity index (χ3v) is 9.15. The number of carbonyl (C=O) groups is 1. The van der Waals surface area contributed by atoms with Gasteiger partial charge in [-0.3, -0.25) is 4.79 Å². The molecule has 2 nitrogen and oxygen atoms in total. The molecular formula is C20H30O2. The predicted octanol–water partition coefficient (Wildman–Crippen LogP) is 4.37. The molecule has 5 fully saturated rings. The van der Waals surface area contributed by atoms with E-state index >= 15 is 0 Å². The van der Waals surface area contributed by atoms with Crippen molar-refractivity contribution in [1.29, 1.82) is 0 Å². The second-order valence-corrected chi connectivity index (χ2v) is 10.4. The lowest BCUT2D eigenvalue weighted by atomic mass is 9.40. The summed E-state index contributed by atoms with van der Waals surface area (Å²) in [5, 5.41) is 0. The van der Waals surface area contributed by atoms with E-state index in [2.05, 4.69) is 27.7 Å². The molecule has 4 saturated carbocycles. The Morgan fingerprint density at radius 1 is 0.955 bits per heavy atom. The van der Waals surface area contributed by atoms with E-state index in [1.54, 1.807) is 0 Å². The minimum absolute atomic E-state index is 0.113. The van der Waals surface area contributed by atoms with Gasteiger partial charge in [-0.25, -0.2) is 0 Å². The van der Waals surface area contributed by atoms with Crippen LogP contribution in [0.2, 0.25) is 0 Å². The molecule has 2 bridgehead atoms. The van der Waals surface area contributed by atoms with Crippen LogP contribution in [-0.2, 0) is 9.53 Å². The number of Topliss-reactive ketones (excluding diaryl/α,β-unsaturated/α-hetero) is 1. The topological polar surface area (TPSA) is 29.6 Å². The van der Waals surface area contributed by atoms with Crippen LogP contribution in [0, 0.1) is 33.5 Å². The molecule has 5 rings (SSSR count). The number of carbonyl (C=O) groups excluding carboxylic acids is 1. The molecule has 5 aliphatic rings. The van der Waals surface area contributed by atoms with Gasteiger partial charge in [0.25, 0.3) is 0 Å². The first kappa shape index (κ1) is 14.0. The van der Waals surface area contributed by atoms with E-state index in [1.165, 1.54) is 32.1 Å². The van der Waals surface area contributed by atoms with Crippen molar-refractivity contribution in [2.24, 2.45) is 33.5 Å². The monoisotopic (exact) mass is 302 g/mol. The molecular weight excluding hydrogens is 272 g/mol. The quantitative estimate of drug-likeness (QED) is 0.622. The fourth-order valence-corrected chi connectivity index (χ4v) is 8.16. The smallest absolute Gasteiger partial charge is 0.138 e. The van der Waals surface area contributed by atoms with Crippen molar-refractivity contribution in [2.45, 2.75) is 84.8 Å². The number of epoxide rings is 1. The number of hydrogen-bond acceptors (Lipinski definition) is 2. The molecule has 0 N–H and O–H groups in total. The van der Waals surface area contributed by atoms with Crippen LogP contribution >= 0.6 is 0 Å². The molecule has 1 saturated heterocycles. The molecule has 0 aromatic rings. The molecule has 0 aromatic heterocycles. The normalized spacial score (nSPS) is 61.2. The van der Waals surface area contributed by atoms with Crippen molar-refractivity contribution in [1.82, 2.24) is 0 Å². The number of fused-ring (bicyclic) bond motifs is 5. The summed E-state index contributed by atoms with van der Waals surface area (Å²) in [5.41, 5.74) is 1.17. The van der Waals surface area contributed by atoms with E-state index in [-0.39, 0.29) is 5.41 Å². The maximum absolute atomic E-state index is 12.5. The van der Waals surface area contributed by atoms with Gasteiger partial charge in [0.1, 0.15) is 5.78 Å². The largest absolute Gasteiger partial charge is 0.368 e. The first-order chi connectivity index (χ1) is 10.2. The van der Waals surface area contributed by atoms with Gasteiger partial charge in [0.2, 0.25) is 0 Å². The summed E-state index contributed by atoms with van der Waals surface area (Å²) in [6.45, 7) is 9.47. The van der Waals surface area contributed by atoms with Crippen molar-refractivity contribution in [2.75, 3.05) is 0 Å². The highest BCUT2D eigenvalue weighted by molar-refractivity contribution is 5.85. The molecule has 22 heavy (non-hydrogen) atoms. The predicted molar refractivity (Wildman–Crippen MR) is 85.4 cm³/mol. The molecule has 1 spiro atoms. The second kappa shape index (κ2) is 3.66. The van der Waals surface area contributed by atoms with Crippen molar-refractivity contribution in [3.8, 4) is 0 Å². The third-order valence-electron chi connectivity index (χ3n) is 9.15. The van der Waals surface area contributed by atoms with Crippen molar-refractivity contribution in [3.63, 3.8) is 0 Å². The standard InChI is InChI=1S/C20H30O2/c1-17(2)12-6-10-20-11-18(3,15-16(20)22-15)8-5-13(20)19(12,4)9-7-14(17)21/h12-13,15-16H,5-11H2,1-4H3/t12-,13+,15?,16?,18+,19-,20+/m1/s1. The van der Waals surface area contributed by atoms with Crippen molar-refractivity contribution in [3.05, 3.63) is 0 Å². The fourth-order valence-electron chi connectivity index (χ4n) is 8.16. The highest BCUT2D eigenvalue weighted by atomic mass is 16.6. The lowest BCUT2D eigenvalue weighted by Crippen LogP contribution is -2.60. The zero-order valence-electron chi connectivity index (χ0n) is 14.6. The zero-order chi connectivity index (χ0) is 15.5. The Morgan fingerprint density at radius 3 is 2.45 bits per heavy atom. The van der Waals surface area contributed by atoms with E-state index in [4.69, 9.17) is 4.74 Å². The molecule has 1 heterocycles. The van der Waals surface area contributed by atoms with Gasteiger partial charge in [0.15, 0.2) is 0 Å². The first-order valence-electron chi connectivity index (χ1n) is 9.43. The minimum Gasteiger partial charge on any atom is -0.368 e. The summed E-state index contributed by atoms with van der Waals surface area (Å²) in [6.07, 6.45) is 9.73. The van der Waals surface area contributed by atoms with Crippen LogP contribution in [0.1, 0.15) is 72.6 Å². The number of ether oxygens (including phenoxy) is 1. The van der Waals surface area contributed by atoms with E-state index < -0.39 is 0 Å². The molecule has 2 heteroatoms. The lowest BCUT2D eigenvalue weighted by Gasteiger charge is -2.64. The Labute approximate surface area is 134 Å². The summed E-state index contributed by atoms with van der Waals surface area (Å²) in [6, 6.07) is 0. The number of ketones is 1. The van der Waals surface area contributed by atoms with E-state index in [1.807, 2.05) is 0 Å². The van der Waals surface area contributed by atoms with Gasteiger partial charge in [-0.15, -0.1) is 0 Å². The Bertz CT molecular complexity index is 566. The third kappa shape index (κ3) is 1.33. The maximum Gasteiger partial charge on any atom is 0.138 e. The number of hydrogen-bond donors (Lipinski definition) is 0. The van der Waals surface area contributed by atoms with E-state index in [0.29, 0.717) is 40.2 Å². The Morgan fingerprint density at radius 2 is 1.68 bits per heavy atom. The van der Waals surface area contributed by atoms with Gasteiger partial charge in [-0.05, 0) is 61.2 Å². The molecule has 1 aliphatic heterocycles. The van der Waals surface area contributed by atoms with Gasteiger partial charge in [0.05, 0.1) is 12.2 Å². The van der Waals surface area contributed by atoms with E-state index in [9.17, 15) is 4.79 Å². The molecule has 0 radical (unpaired) electrons. The second-order valence-electron chi connectivity index (χ2n) is 10.4. The van der Waals surface area contributed by atoms with Crippen LogP contribution in [0.4, 0.5) is 0 Å². The van der Waals surface area contributed by atoms with Crippen LogP contribution in [0.25, 0.3) is 0 Å². The Hall–Kier alpha value is -0.370. The summed E-state index contributed by atoms with van der Waals surface area (Å²) in [7, 11) is 0. The van der Waals surface area contributed by atoms with E-state index in [0.717, 1.165) is 18.8 Å². The van der Waals surface area contributed by atoms with Gasteiger partial charge < -0.3 is 4.74 Å². The Kier molecular flexibility index (Phi) is 2.33. The van der Waals surface area contributed by atoms with Crippen molar-refractivity contribution < 1.29 is 9.53 Å². The van der Waals surface area contributed by atoms with Gasteiger partial charge >= 0.3 is 0 Å². The molecule has 2 unspecified atom stereocenters.